The number of carboxylic acids is 1. The first kappa shape index (κ1) is 13.6. The molecular weight excluding hydrogens is 300 g/mol. The third kappa shape index (κ3) is 2.61. The Kier molecular flexibility index (Phi) is 2.97. The molecule has 0 saturated heterocycles. The molecular formula is C11H12N4O5S. The Bertz CT molecular complexity index is 802. The number of aryl methyl sites for hydroxylation is 1. The normalized spacial score (nSPS) is 15.1. The van der Waals surface area contributed by atoms with Crippen LogP contribution in [-0.4, -0.2) is 34.2 Å². The molecule has 112 valence electrons. The molecule has 0 atom stereocenters. The third-order valence-corrected chi connectivity index (χ3v) is 4.33. The van der Waals surface area contributed by atoms with E-state index in [1.54, 1.807) is 6.92 Å². The zero-order valence-electron chi connectivity index (χ0n) is 11.0. The van der Waals surface area contributed by atoms with Crippen molar-refractivity contribution >= 4 is 22.0 Å². The van der Waals surface area contributed by atoms with Crippen LogP contribution >= 0.6 is 0 Å². The van der Waals surface area contributed by atoms with Gasteiger partial charge in [0.15, 0.2) is 5.82 Å². The molecule has 0 bridgehead atoms. The number of carbonyl (C=O) groups is 1. The molecule has 0 aromatic carbocycles. The maximum absolute atomic E-state index is 12.2. The molecule has 0 unspecified atom stereocenters. The number of rotatable bonds is 5. The van der Waals surface area contributed by atoms with Gasteiger partial charge in [0.05, 0.1) is 0 Å². The van der Waals surface area contributed by atoms with Crippen LogP contribution in [0.2, 0.25) is 0 Å². The van der Waals surface area contributed by atoms with Gasteiger partial charge in [0.2, 0.25) is 0 Å². The van der Waals surface area contributed by atoms with E-state index in [0.717, 1.165) is 18.9 Å². The Hall–Kier alpha value is -2.36. The Morgan fingerprint density at radius 3 is 2.76 bits per heavy atom. The summed E-state index contributed by atoms with van der Waals surface area (Å²) in [6.45, 7) is 1.55. The molecule has 0 radical (unpaired) electrons. The van der Waals surface area contributed by atoms with Crippen molar-refractivity contribution in [2.75, 3.05) is 4.72 Å². The summed E-state index contributed by atoms with van der Waals surface area (Å²) in [4.78, 5) is 14.8. The average Bonchev–Trinajstić information content (AvgIpc) is 2.99. The topological polar surface area (TPSA) is 127 Å². The van der Waals surface area contributed by atoms with Crippen LogP contribution in [0.3, 0.4) is 0 Å². The fraction of sp³-hybridized carbons (Fsp3) is 0.364. The van der Waals surface area contributed by atoms with Crippen LogP contribution in [-0.2, 0) is 10.0 Å². The van der Waals surface area contributed by atoms with E-state index < -0.39 is 16.0 Å². The van der Waals surface area contributed by atoms with Crippen LogP contribution in [0.15, 0.2) is 21.7 Å². The lowest BCUT2D eigenvalue weighted by Crippen LogP contribution is -2.12. The molecule has 21 heavy (non-hydrogen) atoms. The van der Waals surface area contributed by atoms with Gasteiger partial charge in [-0.25, -0.2) is 17.9 Å². The average molecular weight is 312 g/mol. The van der Waals surface area contributed by atoms with Gasteiger partial charge in [-0.15, -0.1) is 0 Å². The molecule has 0 aliphatic heterocycles. The van der Waals surface area contributed by atoms with Gasteiger partial charge in [-0.2, -0.15) is 4.98 Å². The number of aromatic nitrogens is 3. The number of sulfonamides is 1. The van der Waals surface area contributed by atoms with E-state index in [-0.39, 0.29) is 28.5 Å². The molecule has 9 nitrogen and oxygen atoms in total. The fourth-order valence-corrected chi connectivity index (χ4v) is 2.89. The highest BCUT2D eigenvalue weighted by atomic mass is 32.2. The Balaban J connectivity index is 1.95. The van der Waals surface area contributed by atoms with E-state index in [1.807, 2.05) is 0 Å². The van der Waals surface area contributed by atoms with Gasteiger partial charge in [0.1, 0.15) is 10.6 Å². The number of carboxylic acid groups (broad SMARTS) is 1. The molecule has 10 heteroatoms. The van der Waals surface area contributed by atoms with Gasteiger partial charge in [0.25, 0.3) is 10.0 Å². The zero-order valence-corrected chi connectivity index (χ0v) is 11.8. The fourth-order valence-electron chi connectivity index (χ4n) is 1.94. The molecule has 1 aliphatic rings. The highest BCUT2D eigenvalue weighted by Crippen LogP contribution is 2.37. The van der Waals surface area contributed by atoms with E-state index in [0.29, 0.717) is 0 Å². The minimum atomic E-state index is -3.97. The van der Waals surface area contributed by atoms with E-state index in [1.165, 1.54) is 10.8 Å². The van der Waals surface area contributed by atoms with Crippen molar-refractivity contribution < 1.29 is 22.8 Å². The van der Waals surface area contributed by atoms with Crippen molar-refractivity contribution in [1.82, 2.24) is 14.7 Å². The minimum Gasteiger partial charge on any atom is -0.477 e. The number of hydrogen-bond acceptors (Lipinski definition) is 6. The first-order valence-corrected chi connectivity index (χ1v) is 7.63. The first-order valence-electron chi connectivity index (χ1n) is 6.15. The maximum atomic E-state index is 12.2. The third-order valence-electron chi connectivity index (χ3n) is 3.04. The van der Waals surface area contributed by atoms with Gasteiger partial charge in [-0.05, 0) is 25.8 Å². The van der Waals surface area contributed by atoms with Crippen molar-refractivity contribution in [3.63, 3.8) is 0 Å². The molecule has 1 fully saturated rings. The van der Waals surface area contributed by atoms with Gasteiger partial charge < -0.3 is 14.2 Å². The summed E-state index contributed by atoms with van der Waals surface area (Å²) in [5, 5.41) is 12.6. The standard InChI is InChI=1S/C11H12N4O5S/c1-6-12-11(20-13-6)14-21(18,19)8-4-9(10(16)17)15(5-8)7-2-3-7/h4-5,7H,2-3H2,1H3,(H,16,17)(H,12,13,14). The van der Waals surface area contributed by atoms with Crippen molar-refractivity contribution in [3.8, 4) is 0 Å². The van der Waals surface area contributed by atoms with Gasteiger partial charge in [0, 0.05) is 12.2 Å². The van der Waals surface area contributed by atoms with Gasteiger partial charge >= 0.3 is 12.0 Å². The predicted molar refractivity (Wildman–Crippen MR) is 69.5 cm³/mol. The monoisotopic (exact) mass is 312 g/mol. The van der Waals surface area contributed by atoms with Crippen LogP contribution < -0.4 is 4.72 Å². The van der Waals surface area contributed by atoms with E-state index in [4.69, 9.17) is 9.63 Å². The van der Waals surface area contributed by atoms with Crippen LogP contribution in [0.5, 0.6) is 0 Å². The molecule has 2 aromatic rings. The molecule has 3 rings (SSSR count). The molecule has 0 spiro atoms. The number of hydrogen-bond donors (Lipinski definition) is 2. The van der Waals surface area contributed by atoms with Crippen LogP contribution in [0.4, 0.5) is 6.01 Å². The highest BCUT2D eigenvalue weighted by Gasteiger charge is 2.30. The number of nitrogens with one attached hydrogen (secondary N) is 1. The smallest absolute Gasteiger partial charge is 0.352 e. The van der Waals surface area contributed by atoms with E-state index in [9.17, 15) is 13.2 Å². The van der Waals surface area contributed by atoms with Crippen molar-refractivity contribution in [2.24, 2.45) is 0 Å². The molecule has 0 amide bonds. The first-order chi connectivity index (χ1) is 9.87. The number of nitrogens with zero attached hydrogens (tertiary/aromatic N) is 3. The Morgan fingerprint density at radius 1 is 1.52 bits per heavy atom. The summed E-state index contributed by atoms with van der Waals surface area (Å²) in [7, 11) is -3.97. The Labute approximate surface area is 119 Å². The van der Waals surface area contributed by atoms with Gasteiger partial charge in [-0.3, -0.25) is 0 Å². The largest absolute Gasteiger partial charge is 0.477 e. The van der Waals surface area contributed by atoms with Crippen LogP contribution in [0.25, 0.3) is 0 Å². The summed E-state index contributed by atoms with van der Waals surface area (Å²) in [6, 6.07) is 0.904. The summed E-state index contributed by atoms with van der Waals surface area (Å²) < 4.78 is 32.7. The summed E-state index contributed by atoms with van der Waals surface area (Å²) in [5.74, 6) is -0.883. The summed E-state index contributed by atoms with van der Waals surface area (Å²) >= 11 is 0. The minimum absolute atomic E-state index is 0.0469. The van der Waals surface area contributed by atoms with Crippen molar-refractivity contribution in [3.05, 3.63) is 23.8 Å². The number of anilines is 1. The predicted octanol–water partition coefficient (Wildman–Crippen LogP) is 1.01. The van der Waals surface area contributed by atoms with Gasteiger partial charge in [-0.1, -0.05) is 5.16 Å². The van der Waals surface area contributed by atoms with Crippen LogP contribution in [0.1, 0.15) is 35.2 Å². The van der Waals surface area contributed by atoms with E-state index >= 15 is 0 Å². The lowest BCUT2D eigenvalue weighted by atomic mass is 10.4. The van der Waals surface area contributed by atoms with E-state index in [2.05, 4.69) is 14.9 Å². The Morgan fingerprint density at radius 2 is 2.24 bits per heavy atom. The molecule has 2 heterocycles. The highest BCUT2D eigenvalue weighted by molar-refractivity contribution is 7.92. The summed E-state index contributed by atoms with van der Waals surface area (Å²) in [6.07, 6.45) is 2.99. The molecule has 1 aliphatic carbocycles. The second kappa shape index (κ2) is 4.58. The quantitative estimate of drug-likeness (QED) is 0.843. The number of aromatic carboxylic acids is 1. The molecule has 2 aromatic heterocycles. The lowest BCUT2D eigenvalue weighted by molar-refractivity contribution is 0.0685. The maximum Gasteiger partial charge on any atom is 0.352 e. The second-order valence-corrected chi connectivity index (χ2v) is 6.44. The summed E-state index contributed by atoms with van der Waals surface area (Å²) in [5.41, 5.74) is -0.0559. The zero-order chi connectivity index (χ0) is 15.2. The van der Waals surface area contributed by atoms with Crippen molar-refractivity contribution in [2.45, 2.75) is 30.7 Å². The van der Waals surface area contributed by atoms with Crippen molar-refractivity contribution in [1.29, 1.82) is 0 Å². The second-order valence-electron chi connectivity index (χ2n) is 4.76. The molecule has 1 saturated carbocycles. The lowest BCUT2D eigenvalue weighted by Gasteiger charge is -2.02. The molecule has 2 N–H and O–H groups in total. The van der Waals surface area contributed by atoms with Crippen LogP contribution in [0, 0.1) is 6.92 Å². The SMILES string of the molecule is Cc1noc(NS(=O)(=O)c2cc(C(=O)O)n(C3CC3)c2)n1.